The van der Waals surface area contributed by atoms with Crippen molar-refractivity contribution in [1.29, 1.82) is 0 Å². The Balaban J connectivity index is 1.66. The topological polar surface area (TPSA) is 40.6 Å². The van der Waals surface area contributed by atoms with E-state index < -0.39 is 10.0 Å². The molecule has 0 saturated carbocycles. The van der Waals surface area contributed by atoms with E-state index in [2.05, 4.69) is 4.90 Å². The van der Waals surface area contributed by atoms with E-state index in [0.29, 0.717) is 41.8 Å². The summed E-state index contributed by atoms with van der Waals surface area (Å²) < 4.78 is 26.8. The normalized spacial score (nSPS) is 16.3. The van der Waals surface area contributed by atoms with Crippen LogP contribution in [0.3, 0.4) is 0 Å². The summed E-state index contributed by atoms with van der Waals surface area (Å²) >= 11 is 12.1. The van der Waals surface area contributed by atoms with Crippen molar-refractivity contribution < 1.29 is 8.42 Å². The van der Waals surface area contributed by atoms with Gasteiger partial charge in [0, 0.05) is 41.9 Å². The molecule has 24 heavy (non-hydrogen) atoms. The highest BCUT2D eigenvalue weighted by Crippen LogP contribution is 2.23. The van der Waals surface area contributed by atoms with Crippen molar-refractivity contribution in [3.8, 4) is 0 Å². The van der Waals surface area contributed by atoms with E-state index in [1.54, 1.807) is 24.3 Å². The molecule has 2 aromatic carbocycles. The van der Waals surface area contributed by atoms with Crippen LogP contribution in [-0.4, -0.2) is 38.9 Å². The lowest BCUT2D eigenvalue weighted by Crippen LogP contribution is -2.49. The van der Waals surface area contributed by atoms with Gasteiger partial charge in [0.15, 0.2) is 0 Å². The second-order valence-corrected chi connectivity index (χ2v) is 8.53. The highest BCUT2D eigenvalue weighted by molar-refractivity contribution is 7.88. The second-order valence-electron chi connectivity index (χ2n) is 5.71. The highest BCUT2D eigenvalue weighted by atomic mass is 35.5. The van der Waals surface area contributed by atoms with Crippen molar-refractivity contribution in [2.24, 2.45) is 0 Å². The minimum Gasteiger partial charge on any atom is -0.369 e. The fourth-order valence-corrected chi connectivity index (χ4v) is 4.81. The first-order chi connectivity index (χ1) is 11.5. The SMILES string of the molecule is O=S(=O)(Cc1ccccc1Cl)N1CCN(c2cccc(Cl)c2)CC1. The minimum atomic E-state index is -3.38. The van der Waals surface area contributed by atoms with Gasteiger partial charge in [-0.15, -0.1) is 0 Å². The molecule has 0 atom stereocenters. The van der Waals surface area contributed by atoms with Gasteiger partial charge in [0.05, 0.1) is 5.75 Å². The maximum Gasteiger partial charge on any atom is 0.218 e. The Morgan fingerprint density at radius 3 is 2.29 bits per heavy atom. The van der Waals surface area contributed by atoms with Crippen molar-refractivity contribution in [3.05, 3.63) is 64.1 Å². The van der Waals surface area contributed by atoms with Gasteiger partial charge < -0.3 is 4.90 Å². The molecule has 0 bridgehead atoms. The molecule has 128 valence electrons. The van der Waals surface area contributed by atoms with Crippen LogP contribution in [0.25, 0.3) is 0 Å². The molecular formula is C17H18Cl2N2O2S. The third kappa shape index (κ3) is 4.03. The molecule has 2 aromatic rings. The van der Waals surface area contributed by atoms with Crippen molar-refractivity contribution in [3.63, 3.8) is 0 Å². The number of benzene rings is 2. The molecule has 1 aliphatic rings. The summed E-state index contributed by atoms with van der Waals surface area (Å²) in [7, 11) is -3.38. The zero-order valence-corrected chi connectivity index (χ0v) is 15.4. The number of rotatable bonds is 4. The predicted octanol–water partition coefficient (Wildman–Crippen LogP) is 3.65. The standard InChI is InChI=1S/C17H18Cl2N2O2S/c18-15-5-3-6-16(12-15)20-8-10-21(11-9-20)24(22,23)13-14-4-1-2-7-17(14)19/h1-7,12H,8-11,13H2. The van der Waals surface area contributed by atoms with Gasteiger partial charge in [0.25, 0.3) is 0 Å². The van der Waals surface area contributed by atoms with E-state index in [1.165, 1.54) is 4.31 Å². The van der Waals surface area contributed by atoms with Gasteiger partial charge in [0.1, 0.15) is 0 Å². The number of hydrogen-bond acceptors (Lipinski definition) is 3. The summed E-state index contributed by atoms with van der Waals surface area (Å²) in [6.45, 7) is 2.20. The van der Waals surface area contributed by atoms with Gasteiger partial charge in [-0.1, -0.05) is 47.5 Å². The van der Waals surface area contributed by atoms with Crippen LogP contribution in [0.15, 0.2) is 48.5 Å². The first-order valence-corrected chi connectivity index (χ1v) is 10.0. The van der Waals surface area contributed by atoms with Crippen molar-refractivity contribution in [2.75, 3.05) is 31.1 Å². The van der Waals surface area contributed by atoms with Crippen molar-refractivity contribution >= 4 is 38.9 Å². The maximum absolute atomic E-state index is 12.6. The first-order valence-electron chi connectivity index (χ1n) is 7.67. The summed E-state index contributed by atoms with van der Waals surface area (Å²) in [6, 6.07) is 14.7. The van der Waals surface area contributed by atoms with Gasteiger partial charge in [-0.25, -0.2) is 8.42 Å². The average Bonchev–Trinajstić information content (AvgIpc) is 2.57. The lowest BCUT2D eigenvalue weighted by Gasteiger charge is -2.35. The molecule has 7 heteroatoms. The van der Waals surface area contributed by atoms with Crippen LogP contribution in [0.2, 0.25) is 10.0 Å². The Morgan fingerprint density at radius 2 is 1.62 bits per heavy atom. The molecule has 1 saturated heterocycles. The predicted molar refractivity (Wildman–Crippen MR) is 99.3 cm³/mol. The van der Waals surface area contributed by atoms with E-state index >= 15 is 0 Å². The largest absolute Gasteiger partial charge is 0.369 e. The van der Waals surface area contributed by atoms with E-state index in [1.807, 2.05) is 24.3 Å². The van der Waals surface area contributed by atoms with Crippen LogP contribution in [0.5, 0.6) is 0 Å². The van der Waals surface area contributed by atoms with Crippen LogP contribution in [0.4, 0.5) is 5.69 Å². The number of sulfonamides is 1. The third-order valence-corrected chi connectivity index (χ3v) is 6.53. The summed E-state index contributed by atoms with van der Waals surface area (Å²) in [5, 5.41) is 1.17. The lowest BCUT2D eigenvalue weighted by atomic mass is 10.2. The Labute approximate surface area is 152 Å². The zero-order valence-electron chi connectivity index (χ0n) is 13.0. The molecule has 0 aliphatic carbocycles. The lowest BCUT2D eigenvalue weighted by molar-refractivity contribution is 0.384. The molecule has 1 heterocycles. The summed E-state index contributed by atoms with van der Waals surface area (Å²) in [5.74, 6) is -0.0656. The molecule has 0 spiro atoms. The van der Waals surface area contributed by atoms with Crippen LogP contribution < -0.4 is 4.90 Å². The van der Waals surface area contributed by atoms with Gasteiger partial charge in [-0.05, 0) is 29.8 Å². The van der Waals surface area contributed by atoms with Crippen molar-refractivity contribution in [1.82, 2.24) is 4.31 Å². The van der Waals surface area contributed by atoms with E-state index in [0.717, 1.165) is 5.69 Å². The molecule has 1 aliphatic heterocycles. The highest BCUT2D eigenvalue weighted by Gasteiger charge is 2.27. The maximum atomic E-state index is 12.6. The Kier molecular flexibility index (Phi) is 5.35. The number of halogens is 2. The van der Waals surface area contributed by atoms with E-state index in [4.69, 9.17) is 23.2 Å². The molecule has 1 fully saturated rings. The second kappa shape index (κ2) is 7.31. The Bertz CT molecular complexity index is 819. The molecule has 0 radical (unpaired) electrons. The monoisotopic (exact) mass is 384 g/mol. The molecule has 0 aromatic heterocycles. The van der Waals surface area contributed by atoms with Gasteiger partial charge >= 0.3 is 0 Å². The van der Waals surface area contributed by atoms with Gasteiger partial charge in [0.2, 0.25) is 10.0 Å². The zero-order chi connectivity index (χ0) is 17.2. The number of anilines is 1. The molecule has 0 unspecified atom stereocenters. The quantitative estimate of drug-likeness (QED) is 0.807. The van der Waals surface area contributed by atoms with Crippen LogP contribution in [-0.2, 0) is 15.8 Å². The Hall–Kier alpha value is -1.27. The fourth-order valence-electron chi connectivity index (χ4n) is 2.80. The fraction of sp³-hybridized carbons (Fsp3) is 0.294. The van der Waals surface area contributed by atoms with Gasteiger partial charge in [-0.2, -0.15) is 4.31 Å². The van der Waals surface area contributed by atoms with Crippen LogP contribution in [0.1, 0.15) is 5.56 Å². The van der Waals surface area contributed by atoms with Crippen LogP contribution in [0, 0.1) is 0 Å². The van der Waals surface area contributed by atoms with Crippen molar-refractivity contribution in [2.45, 2.75) is 5.75 Å². The van der Waals surface area contributed by atoms with Crippen LogP contribution >= 0.6 is 23.2 Å². The summed E-state index contributed by atoms with van der Waals surface area (Å²) in [5.41, 5.74) is 1.65. The van der Waals surface area contributed by atoms with E-state index in [9.17, 15) is 8.42 Å². The molecule has 3 rings (SSSR count). The average molecular weight is 385 g/mol. The third-order valence-electron chi connectivity index (χ3n) is 4.10. The number of piperazine rings is 1. The van der Waals surface area contributed by atoms with E-state index in [-0.39, 0.29) is 5.75 Å². The number of nitrogens with zero attached hydrogens (tertiary/aromatic N) is 2. The first kappa shape index (κ1) is 17.5. The minimum absolute atomic E-state index is 0.0656. The molecular weight excluding hydrogens is 367 g/mol. The number of hydrogen-bond donors (Lipinski definition) is 0. The molecule has 0 amide bonds. The smallest absolute Gasteiger partial charge is 0.218 e. The summed E-state index contributed by atoms with van der Waals surface area (Å²) in [4.78, 5) is 2.15. The Morgan fingerprint density at radius 1 is 0.917 bits per heavy atom. The molecule has 0 N–H and O–H groups in total. The summed E-state index contributed by atoms with van der Waals surface area (Å²) in [6.07, 6.45) is 0. The molecule has 4 nitrogen and oxygen atoms in total. The van der Waals surface area contributed by atoms with Gasteiger partial charge in [-0.3, -0.25) is 0 Å².